The number of anilines is 1. The topological polar surface area (TPSA) is 36.4 Å². The summed E-state index contributed by atoms with van der Waals surface area (Å²) in [6.07, 6.45) is 5.58. The van der Waals surface area contributed by atoms with Crippen molar-refractivity contribution >= 4 is 50.4 Å². The molecule has 0 spiro atoms. The molecule has 0 N–H and O–H groups in total. The number of rotatable bonds is 9. The van der Waals surface area contributed by atoms with Gasteiger partial charge in [0.05, 0.1) is 10.2 Å². The minimum Gasteiger partial charge on any atom is -0.302 e. The highest BCUT2D eigenvalue weighted by Gasteiger charge is 2.19. The van der Waals surface area contributed by atoms with Gasteiger partial charge in [0.1, 0.15) is 0 Å². The maximum absolute atomic E-state index is 13.1. The predicted octanol–water partition coefficient (Wildman–Crippen LogP) is 5.41. The second kappa shape index (κ2) is 10.6. The number of hydrogen-bond donors (Lipinski definition) is 0. The summed E-state index contributed by atoms with van der Waals surface area (Å²) in [5, 5.41) is 0.758. The molecule has 2 aromatic carbocycles. The van der Waals surface area contributed by atoms with Gasteiger partial charge in [-0.1, -0.05) is 55.5 Å². The van der Waals surface area contributed by atoms with E-state index in [1.54, 1.807) is 34.1 Å². The van der Waals surface area contributed by atoms with Crippen LogP contribution in [-0.4, -0.2) is 48.2 Å². The third-order valence-electron chi connectivity index (χ3n) is 4.83. The first-order valence-corrected chi connectivity index (χ1v) is 11.9. The van der Waals surface area contributed by atoms with E-state index in [1.165, 1.54) is 4.90 Å². The van der Waals surface area contributed by atoms with Gasteiger partial charge in [0.15, 0.2) is 5.13 Å². The number of amides is 1. The summed E-state index contributed by atoms with van der Waals surface area (Å²) in [6.45, 7) is 7.67. The number of likely N-dealkylation sites (N-methyl/N-ethyl adjacent to an activating group) is 1. The molecule has 29 heavy (non-hydrogen) atoms. The Morgan fingerprint density at radius 2 is 1.86 bits per heavy atom. The first kappa shape index (κ1) is 21.6. The van der Waals surface area contributed by atoms with Crippen LogP contribution in [0.15, 0.2) is 59.5 Å². The van der Waals surface area contributed by atoms with E-state index in [2.05, 4.69) is 37.1 Å². The lowest BCUT2D eigenvalue weighted by molar-refractivity contribution is -0.114. The van der Waals surface area contributed by atoms with Gasteiger partial charge in [-0.3, -0.25) is 9.69 Å². The maximum Gasteiger partial charge on any atom is 0.252 e. The molecule has 0 saturated heterocycles. The third-order valence-corrected chi connectivity index (χ3v) is 6.60. The van der Waals surface area contributed by atoms with Crippen molar-refractivity contribution in [2.75, 3.05) is 37.3 Å². The summed E-state index contributed by atoms with van der Waals surface area (Å²) in [6, 6.07) is 16.2. The molecule has 0 radical (unpaired) electrons. The van der Waals surface area contributed by atoms with Crippen molar-refractivity contribution in [3.63, 3.8) is 0 Å². The molecule has 0 aliphatic carbocycles. The van der Waals surface area contributed by atoms with Crippen molar-refractivity contribution in [2.24, 2.45) is 0 Å². The molecule has 0 aliphatic heterocycles. The van der Waals surface area contributed by atoms with Crippen molar-refractivity contribution in [1.82, 2.24) is 9.88 Å². The van der Waals surface area contributed by atoms with E-state index in [1.807, 2.05) is 42.5 Å². The Bertz CT molecular complexity index is 965. The van der Waals surface area contributed by atoms with Crippen molar-refractivity contribution in [3.8, 4) is 0 Å². The molecule has 3 aromatic rings. The lowest BCUT2D eigenvalue weighted by Gasteiger charge is -2.23. The lowest BCUT2D eigenvalue weighted by Crippen LogP contribution is -2.38. The summed E-state index contributed by atoms with van der Waals surface area (Å²) >= 11 is 3.29. The highest BCUT2D eigenvalue weighted by atomic mass is 32.2. The number of thioether (sulfide) groups is 1. The van der Waals surface area contributed by atoms with Gasteiger partial charge in [-0.25, -0.2) is 4.98 Å². The number of aromatic nitrogens is 1. The van der Waals surface area contributed by atoms with Crippen LogP contribution in [0.25, 0.3) is 16.3 Å². The van der Waals surface area contributed by atoms with E-state index < -0.39 is 0 Å². The highest BCUT2D eigenvalue weighted by molar-refractivity contribution is 7.98. The van der Waals surface area contributed by atoms with Gasteiger partial charge in [-0.15, -0.1) is 11.8 Å². The molecule has 4 nitrogen and oxygen atoms in total. The first-order valence-electron chi connectivity index (χ1n) is 9.86. The van der Waals surface area contributed by atoms with Crippen molar-refractivity contribution < 1.29 is 4.79 Å². The monoisotopic (exact) mass is 425 g/mol. The highest BCUT2D eigenvalue weighted by Crippen LogP contribution is 2.31. The molecule has 0 aliphatic rings. The van der Waals surface area contributed by atoms with Gasteiger partial charge in [0.2, 0.25) is 0 Å². The van der Waals surface area contributed by atoms with Crippen LogP contribution in [0.4, 0.5) is 5.13 Å². The van der Waals surface area contributed by atoms with E-state index in [-0.39, 0.29) is 5.91 Å². The minimum absolute atomic E-state index is 0.0369. The largest absolute Gasteiger partial charge is 0.302 e. The van der Waals surface area contributed by atoms with Crippen LogP contribution < -0.4 is 4.90 Å². The van der Waals surface area contributed by atoms with Gasteiger partial charge in [0.25, 0.3) is 5.91 Å². The number of carbonyl (C=O) groups excluding carboxylic acids is 1. The summed E-state index contributed by atoms with van der Waals surface area (Å²) in [5.41, 5.74) is 1.95. The van der Waals surface area contributed by atoms with E-state index in [4.69, 9.17) is 4.98 Å². The van der Waals surface area contributed by atoms with Crippen LogP contribution in [0.5, 0.6) is 0 Å². The zero-order valence-corrected chi connectivity index (χ0v) is 18.8. The van der Waals surface area contributed by atoms with Gasteiger partial charge < -0.3 is 4.90 Å². The predicted molar refractivity (Wildman–Crippen MR) is 127 cm³/mol. The Morgan fingerprint density at radius 1 is 1.10 bits per heavy atom. The van der Waals surface area contributed by atoms with E-state index >= 15 is 0 Å². The standard InChI is InChI=1S/C23H27N3OS2/c1-4-25(5-2)15-16-26(22(27)14-11-18-9-7-6-8-10-18)23-24-20-13-12-19(28-3)17-21(20)29-23/h6-14,17H,4-5,15-16H2,1-3H3. The van der Waals surface area contributed by atoms with Crippen LogP contribution in [0.2, 0.25) is 0 Å². The fourth-order valence-corrected chi connectivity index (χ4v) is 4.59. The maximum atomic E-state index is 13.1. The average molecular weight is 426 g/mol. The Hall–Kier alpha value is -2.15. The van der Waals surface area contributed by atoms with E-state index in [9.17, 15) is 4.79 Å². The van der Waals surface area contributed by atoms with Gasteiger partial charge in [-0.05, 0) is 49.2 Å². The van der Waals surface area contributed by atoms with E-state index in [0.29, 0.717) is 6.54 Å². The summed E-state index contributed by atoms with van der Waals surface area (Å²) in [5.74, 6) is -0.0369. The number of hydrogen-bond acceptors (Lipinski definition) is 5. The smallest absolute Gasteiger partial charge is 0.252 e. The summed E-state index contributed by atoms with van der Waals surface area (Å²) < 4.78 is 1.11. The Balaban J connectivity index is 1.87. The molecule has 3 rings (SSSR count). The van der Waals surface area contributed by atoms with Crippen LogP contribution >= 0.6 is 23.1 Å². The van der Waals surface area contributed by atoms with Crippen LogP contribution in [-0.2, 0) is 4.79 Å². The first-order chi connectivity index (χ1) is 14.1. The number of fused-ring (bicyclic) bond motifs is 1. The molecule has 152 valence electrons. The molecule has 0 fully saturated rings. The van der Waals surface area contributed by atoms with Crippen molar-refractivity contribution in [1.29, 1.82) is 0 Å². The Kier molecular flexibility index (Phi) is 7.86. The van der Waals surface area contributed by atoms with Gasteiger partial charge in [0, 0.05) is 24.1 Å². The Morgan fingerprint density at radius 3 is 2.55 bits per heavy atom. The van der Waals surface area contributed by atoms with Gasteiger partial charge in [-0.2, -0.15) is 0 Å². The molecule has 0 atom stereocenters. The number of nitrogens with zero attached hydrogens (tertiary/aromatic N) is 3. The molecular formula is C23H27N3OS2. The van der Waals surface area contributed by atoms with Crippen molar-refractivity contribution in [3.05, 3.63) is 60.2 Å². The fraction of sp³-hybridized carbons (Fsp3) is 0.304. The quantitative estimate of drug-likeness (QED) is 0.339. The second-order valence-corrected chi connectivity index (χ2v) is 8.48. The van der Waals surface area contributed by atoms with Crippen LogP contribution in [0.3, 0.4) is 0 Å². The van der Waals surface area contributed by atoms with Gasteiger partial charge >= 0.3 is 0 Å². The number of carbonyl (C=O) groups is 1. The molecule has 1 amide bonds. The third kappa shape index (κ3) is 5.69. The molecule has 0 unspecified atom stereocenters. The SMILES string of the molecule is CCN(CC)CCN(C(=O)C=Cc1ccccc1)c1nc2ccc(SC)cc2s1. The molecule has 0 saturated carbocycles. The molecular weight excluding hydrogens is 398 g/mol. The fourth-order valence-electron chi connectivity index (χ4n) is 3.04. The zero-order valence-electron chi connectivity index (χ0n) is 17.2. The zero-order chi connectivity index (χ0) is 20.6. The average Bonchev–Trinajstić information content (AvgIpc) is 3.18. The second-order valence-electron chi connectivity index (χ2n) is 6.59. The molecule has 6 heteroatoms. The number of benzene rings is 2. The van der Waals surface area contributed by atoms with Crippen LogP contribution in [0.1, 0.15) is 19.4 Å². The van der Waals surface area contributed by atoms with E-state index in [0.717, 1.165) is 40.5 Å². The summed E-state index contributed by atoms with van der Waals surface area (Å²) in [4.78, 5) is 23.2. The Labute approximate surface area is 181 Å². The minimum atomic E-state index is -0.0369. The lowest BCUT2D eigenvalue weighted by atomic mass is 10.2. The molecule has 1 aromatic heterocycles. The van der Waals surface area contributed by atoms with Crippen molar-refractivity contribution in [2.45, 2.75) is 18.7 Å². The number of thiazole rings is 1. The summed E-state index contributed by atoms with van der Waals surface area (Å²) in [7, 11) is 0. The van der Waals surface area contributed by atoms with Crippen LogP contribution in [0, 0.1) is 0 Å². The molecule has 1 heterocycles. The molecule has 0 bridgehead atoms. The normalized spacial score (nSPS) is 11.6.